The molecule has 4 N–H and O–H groups in total. The number of carbonyl (C=O) groups excluding carboxylic acids is 1. The normalized spacial score (nSPS) is 15.5. The molecule has 1 saturated heterocycles. The number of thiophene rings is 1. The van der Waals surface area contributed by atoms with Gasteiger partial charge in [-0.2, -0.15) is 5.10 Å². The topological polar surface area (TPSA) is 92.9 Å². The minimum atomic E-state index is -0.121. The van der Waals surface area contributed by atoms with Gasteiger partial charge < -0.3 is 16.4 Å². The number of nitrogens with two attached hydrogens (primary N) is 1. The Bertz CT molecular complexity index is 662. The van der Waals surface area contributed by atoms with Gasteiger partial charge in [-0.15, -0.1) is 16.4 Å². The lowest BCUT2D eigenvalue weighted by Crippen LogP contribution is -2.56. The number of amides is 1. The number of nitrogen functional groups attached to an aromatic ring is 1. The van der Waals surface area contributed by atoms with Crippen LogP contribution in [0.15, 0.2) is 0 Å². The van der Waals surface area contributed by atoms with E-state index in [1.807, 2.05) is 13.8 Å². The van der Waals surface area contributed by atoms with E-state index in [1.54, 1.807) is 0 Å². The molecule has 0 radical (unpaired) electrons. The number of nitrogens with one attached hydrogen (secondary N) is 2. The summed E-state index contributed by atoms with van der Waals surface area (Å²) in [7, 11) is 0. The first-order valence-electron chi connectivity index (χ1n) is 6.11. The van der Waals surface area contributed by atoms with Crippen LogP contribution in [0, 0.1) is 13.8 Å². The molecule has 0 aliphatic carbocycles. The van der Waals surface area contributed by atoms with Gasteiger partial charge in [0.25, 0.3) is 5.91 Å². The molecule has 1 fully saturated rings. The van der Waals surface area contributed by atoms with Crippen molar-refractivity contribution in [1.29, 1.82) is 0 Å². The SMILES string of the molecule is Cc1nnc2sc(C(=O)NC3CNC3)c(N)c2c1C. The van der Waals surface area contributed by atoms with E-state index in [0.29, 0.717) is 10.6 Å². The quantitative estimate of drug-likeness (QED) is 0.747. The summed E-state index contributed by atoms with van der Waals surface area (Å²) < 4.78 is 0. The van der Waals surface area contributed by atoms with E-state index in [0.717, 1.165) is 34.6 Å². The first-order valence-corrected chi connectivity index (χ1v) is 6.93. The van der Waals surface area contributed by atoms with Gasteiger partial charge in [0.2, 0.25) is 0 Å². The highest BCUT2D eigenvalue weighted by Crippen LogP contribution is 2.34. The summed E-state index contributed by atoms with van der Waals surface area (Å²) >= 11 is 1.30. The third kappa shape index (κ3) is 1.95. The number of hydrogen-bond acceptors (Lipinski definition) is 6. The number of aryl methyl sites for hydroxylation is 2. The molecule has 100 valence electrons. The van der Waals surface area contributed by atoms with E-state index in [9.17, 15) is 4.79 Å². The van der Waals surface area contributed by atoms with Crippen molar-refractivity contribution in [3.05, 3.63) is 16.1 Å². The van der Waals surface area contributed by atoms with E-state index >= 15 is 0 Å². The largest absolute Gasteiger partial charge is 0.397 e. The lowest BCUT2D eigenvalue weighted by Gasteiger charge is -2.27. The van der Waals surface area contributed by atoms with E-state index in [2.05, 4.69) is 20.8 Å². The van der Waals surface area contributed by atoms with E-state index in [1.165, 1.54) is 11.3 Å². The fraction of sp³-hybridized carbons (Fsp3) is 0.417. The molecular weight excluding hydrogens is 262 g/mol. The van der Waals surface area contributed by atoms with E-state index in [-0.39, 0.29) is 11.9 Å². The average Bonchev–Trinajstić information content (AvgIpc) is 2.67. The molecule has 6 nitrogen and oxygen atoms in total. The highest BCUT2D eigenvalue weighted by atomic mass is 32.1. The summed E-state index contributed by atoms with van der Waals surface area (Å²) in [5.41, 5.74) is 8.45. The molecule has 0 saturated carbocycles. The fourth-order valence-corrected chi connectivity index (χ4v) is 3.05. The number of aromatic nitrogens is 2. The molecule has 1 aliphatic heterocycles. The second-order valence-corrected chi connectivity index (χ2v) is 5.76. The van der Waals surface area contributed by atoms with Gasteiger partial charge in [0.05, 0.1) is 17.4 Å². The first kappa shape index (κ1) is 12.3. The molecule has 7 heteroatoms. The standard InChI is InChI=1S/C12H15N5OS/c1-5-6(2)16-17-12-8(5)9(13)10(19-12)11(18)15-7-3-14-4-7/h7,14H,3-4,13H2,1-2H3,(H,15,18). The molecule has 0 unspecified atom stereocenters. The summed E-state index contributed by atoms with van der Waals surface area (Å²) in [5, 5.41) is 15.1. The van der Waals surface area contributed by atoms with Crippen LogP contribution >= 0.6 is 11.3 Å². The van der Waals surface area contributed by atoms with Crippen LogP contribution in [0.25, 0.3) is 10.2 Å². The van der Waals surface area contributed by atoms with Crippen molar-refractivity contribution in [2.45, 2.75) is 19.9 Å². The number of hydrogen-bond donors (Lipinski definition) is 3. The van der Waals surface area contributed by atoms with Crippen molar-refractivity contribution in [2.75, 3.05) is 18.8 Å². The van der Waals surface area contributed by atoms with Gasteiger partial charge in [0.1, 0.15) is 9.71 Å². The van der Waals surface area contributed by atoms with E-state index in [4.69, 9.17) is 5.73 Å². The Balaban J connectivity index is 2.02. The van der Waals surface area contributed by atoms with Crippen molar-refractivity contribution < 1.29 is 4.79 Å². The van der Waals surface area contributed by atoms with Gasteiger partial charge in [0, 0.05) is 18.5 Å². The summed E-state index contributed by atoms with van der Waals surface area (Å²) in [4.78, 5) is 13.4. The van der Waals surface area contributed by atoms with Gasteiger partial charge >= 0.3 is 0 Å². The zero-order valence-corrected chi connectivity index (χ0v) is 11.6. The van der Waals surface area contributed by atoms with Crippen LogP contribution in [0.2, 0.25) is 0 Å². The van der Waals surface area contributed by atoms with Crippen molar-refractivity contribution >= 4 is 33.1 Å². The molecular formula is C12H15N5OS. The van der Waals surface area contributed by atoms with Crippen LogP contribution in [-0.4, -0.2) is 35.2 Å². The molecule has 0 aromatic carbocycles. The van der Waals surface area contributed by atoms with Crippen LogP contribution in [0.1, 0.15) is 20.9 Å². The summed E-state index contributed by atoms with van der Waals surface area (Å²) in [5.74, 6) is -0.121. The average molecular weight is 277 g/mol. The molecule has 19 heavy (non-hydrogen) atoms. The van der Waals surface area contributed by atoms with Crippen molar-refractivity contribution in [3.63, 3.8) is 0 Å². The van der Waals surface area contributed by atoms with Crippen LogP contribution in [-0.2, 0) is 0 Å². The second kappa shape index (κ2) is 4.43. The molecule has 1 aliphatic rings. The molecule has 3 rings (SSSR count). The fourth-order valence-electron chi connectivity index (χ4n) is 2.05. The predicted molar refractivity (Wildman–Crippen MR) is 75.4 cm³/mol. The lowest BCUT2D eigenvalue weighted by molar-refractivity contribution is 0.0929. The van der Waals surface area contributed by atoms with Gasteiger partial charge in [0.15, 0.2) is 0 Å². The molecule has 3 heterocycles. The zero-order valence-electron chi connectivity index (χ0n) is 10.8. The summed E-state index contributed by atoms with van der Waals surface area (Å²) in [6, 6.07) is 0.200. The van der Waals surface area contributed by atoms with Gasteiger partial charge in [-0.05, 0) is 19.4 Å². The highest BCUT2D eigenvalue weighted by molar-refractivity contribution is 7.21. The van der Waals surface area contributed by atoms with Crippen molar-refractivity contribution in [2.24, 2.45) is 0 Å². The Morgan fingerprint density at radius 2 is 2.16 bits per heavy atom. The minimum absolute atomic E-state index is 0.121. The monoisotopic (exact) mass is 277 g/mol. The first-order chi connectivity index (χ1) is 9.08. The Labute approximate surface area is 114 Å². The Morgan fingerprint density at radius 3 is 2.79 bits per heavy atom. The Morgan fingerprint density at radius 1 is 1.42 bits per heavy atom. The van der Waals surface area contributed by atoms with Crippen LogP contribution < -0.4 is 16.4 Å². The molecule has 0 bridgehead atoms. The summed E-state index contributed by atoms with van der Waals surface area (Å²) in [6.07, 6.45) is 0. The number of anilines is 1. The third-order valence-corrected chi connectivity index (χ3v) is 4.55. The number of rotatable bonds is 2. The number of carbonyl (C=O) groups is 1. The molecule has 2 aromatic rings. The molecule has 0 atom stereocenters. The Hall–Kier alpha value is -1.73. The molecule has 1 amide bonds. The Kier molecular flexibility index (Phi) is 2.87. The maximum Gasteiger partial charge on any atom is 0.263 e. The van der Waals surface area contributed by atoms with Crippen molar-refractivity contribution in [1.82, 2.24) is 20.8 Å². The smallest absolute Gasteiger partial charge is 0.263 e. The van der Waals surface area contributed by atoms with Crippen LogP contribution in [0.4, 0.5) is 5.69 Å². The van der Waals surface area contributed by atoms with E-state index < -0.39 is 0 Å². The third-order valence-electron chi connectivity index (χ3n) is 3.46. The summed E-state index contributed by atoms with van der Waals surface area (Å²) in [6.45, 7) is 5.47. The van der Waals surface area contributed by atoms with Gasteiger partial charge in [-0.3, -0.25) is 4.79 Å². The van der Waals surface area contributed by atoms with Gasteiger partial charge in [-0.1, -0.05) is 0 Å². The highest BCUT2D eigenvalue weighted by Gasteiger charge is 2.24. The minimum Gasteiger partial charge on any atom is -0.397 e. The van der Waals surface area contributed by atoms with Crippen LogP contribution in [0.3, 0.4) is 0 Å². The maximum atomic E-state index is 12.2. The maximum absolute atomic E-state index is 12.2. The number of fused-ring (bicyclic) bond motifs is 1. The number of nitrogens with zero attached hydrogens (tertiary/aromatic N) is 2. The second-order valence-electron chi connectivity index (χ2n) is 4.76. The zero-order chi connectivity index (χ0) is 13.6. The van der Waals surface area contributed by atoms with Crippen LogP contribution in [0.5, 0.6) is 0 Å². The molecule has 2 aromatic heterocycles. The predicted octanol–water partition coefficient (Wildman–Crippen LogP) is 0.592. The molecule has 0 spiro atoms. The lowest BCUT2D eigenvalue weighted by atomic mass is 10.1. The van der Waals surface area contributed by atoms with Crippen molar-refractivity contribution in [3.8, 4) is 0 Å². The van der Waals surface area contributed by atoms with Gasteiger partial charge in [-0.25, -0.2) is 0 Å².